The first-order chi connectivity index (χ1) is 9.32. The number of rotatable bonds is 3. The highest BCUT2D eigenvalue weighted by atomic mass is 79.9. The average Bonchev–Trinajstić information content (AvgIpc) is 2.87. The molecule has 2 rings (SSSR count). The zero-order valence-electron chi connectivity index (χ0n) is 10.1. The minimum atomic E-state index is -4.50. The average molecular weight is 368 g/mol. The maximum atomic E-state index is 12.5. The van der Waals surface area contributed by atoms with Crippen LogP contribution in [0.1, 0.15) is 21.6 Å². The van der Waals surface area contributed by atoms with Crippen LogP contribution in [0.3, 0.4) is 0 Å². The van der Waals surface area contributed by atoms with E-state index in [1.54, 1.807) is 18.2 Å². The van der Waals surface area contributed by atoms with Gasteiger partial charge in [-0.2, -0.15) is 13.2 Å². The summed E-state index contributed by atoms with van der Waals surface area (Å²) in [6.45, 7) is 0. The van der Waals surface area contributed by atoms with Crippen LogP contribution in [0.25, 0.3) is 0 Å². The predicted octanol–water partition coefficient (Wildman–Crippen LogP) is 4.01. The lowest BCUT2D eigenvalue weighted by atomic mass is 10.1. The number of alkyl halides is 3. The summed E-state index contributed by atoms with van der Waals surface area (Å²) < 4.78 is 43.1. The van der Waals surface area contributed by atoms with Crippen LogP contribution in [0.4, 0.5) is 13.2 Å². The van der Waals surface area contributed by atoms with Crippen LogP contribution in [-0.2, 0) is 6.18 Å². The molecule has 1 atom stereocenters. The molecule has 1 unspecified atom stereocenters. The van der Waals surface area contributed by atoms with Gasteiger partial charge in [-0.05, 0) is 33.6 Å². The van der Waals surface area contributed by atoms with Gasteiger partial charge in [0.1, 0.15) is 11.9 Å². The van der Waals surface area contributed by atoms with Crippen molar-refractivity contribution in [3.05, 3.63) is 44.3 Å². The molecule has 2 aromatic rings. The third-order valence-corrected chi connectivity index (χ3v) is 4.24. The second-order valence-corrected chi connectivity index (χ2v) is 5.78. The van der Waals surface area contributed by atoms with Gasteiger partial charge in [-0.3, -0.25) is 0 Å². The fourth-order valence-corrected chi connectivity index (χ4v) is 2.92. The molecule has 3 nitrogen and oxygen atoms in total. The molecule has 1 aromatic carbocycles. The largest absolute Gasteiger partial charge is 0.496 e. The van der Waals surface area contributed by atoms with Gasteiger partial charge in [0.15, 0.2) is 5.01 Å². The van der Waals surface area contributed by atoms with Gasteiger partial charge in [0, 0.05) is 6.20 Å². The Morgan fingerprint density at radius 1 is 1.40 bits per heavy atom. The second kappa shape index (κ2) is 5.71. The Balaban J connectivity index is 2.29. The maximum Gasteiger partial charge on any atom is 0.443 e. The van der Waals surface area contributed by atoms with E-state index in [1.165, 1.54) is 7.11 Å². The van der Waals surface area contributed by atoms with Crippen LogP contribution >= 0.6 is 27.3 Å². The summed E-state index contributed by atoms with van der Waals surface area (Å²) in [5.74, 6) is 0.571. The van der Waals surface area contributed by atoms with Crippen molar-refractivity contribution in [2.24, 2.45) is 0 Å². The van der Waals surface area contributed by atoms with Gasteiger partial charge in [-0.1, -0.05) is 6.07 Å². The number of hydrogen-bond acceptors (Lipinski definition) is 4. The number of nitrogens with zero attached hydrogens (tertiary/aromatic N) is 1. The third-order valence-electron chi connectivity index (χ3n) is 2.53. The second-order valence-electron chi connectivity index (χ2n) is 3.86. The molecule has 1 N–H and O–H groups in total. The zero-order valence-corrected chi connectivity index (χ0v) is 12.5. The molecule has 0 amide bonds. The minimum Gasteiger partial charge on any atom is -0.496 e. The standard InChI is InChI=1S/C12H9BrF3NO2S/c1-19-8-3-2-6(4-7(8)13)10(18)9-5-17-11(20-9)12(14,15)16/h2-5,10,18H,1H3. The fraction of sp³-hybridized carbons (Fsp3) is 0.250. The molecule has 0 aliphatic heterocycles. The van der Waals surface area contributed by atoms with Gasteiger partial charge in [0.25, 0.3) is 0 Å². The van der Waals surface area contributed by atoms with Gasteiger partial charge >= 0.3 is 6.18 Å². The Labute approximate surface area is 125 Å². The molecular formula is C12H9BrF3NO2S. The normalized spacial score (nSPS) is 13.3. The van der Waals surface area contributed by atoms with Crippen molar-refractivity contribution in [2.75, 3.05) is 7.11 Å². The van der Waals surface area contributed by atoms with Crippen molar-refractivity contribution in [2.45, 2.75) is 12.3 Å². The Hall–Kier alpha value is -1.12. The molecule has 0 aliphatic rings. The van der Waals surface area contributed by atoms with E-state index in [9.17, 15) is 18.3 Å². The molecule has 0 saturated heterocycles. The first-order valence-corrected chi connectivity index (χ1v) is 6.98. The van der Waals surface area contributed by atoms with Crippen LogP contribution in [0.2, 0.25) is 0 Å². The van der Waals surface area contributed by atoms with Crippen LogP contribution in [0.5, 0.6) is 5.75 Å². The van der Waals surface area contributed by atoms with Crippen LogP contribution < -0.4 is 4.74 Å². The van der Waals surface area contributed by atoms with E-state index < -0.39 is 17.3 Å². The molecular weight excluding hydrogens is 359 g/mol. The monoisotopic (exact) mass is 367 g/mol. The van der Waals surface area contributed by atoms with Crippen molar-refractivity contribution in [1.82, 2.24) is 4.98 Å². The van der Waals surface area contributed by atoms with E-state index in [2.05, 4.69) is 20.9 Å². The summed E-state index contributed by atoms with van der Waals surface area (Å²) >= 11 is 3.68. The SMILES string of the molecule is COc1ccc(C(O)c2cnc(C(F)(F)F)s2)cc1Br. The summed E-state index contributed by atoms with van der Waals surface area (Å²) in [5, 5.41) is 9.13. The highest BCUT2D eigenvalue weighted by Gasteiger charge is 2.35. The number of ether oxygens (including phenoxy) is 1. The Kier molecular flexibility index (Phi) is 4.36. The van der Waals surface area contributed by atoms with Crippen molar-refractivity contribution < 1.29 is 23.0 Å². The summed E-state index contributed by atoms with van der Waals surface area (Å²) in [5.41, 5.74) is 0.454. The van der Waals surface area contributed by atoms with E-state index in [4.69, 9.17) is 4.74 Å². The van der Waals surface area contributed by atoms with E-state index in [1.807, 2.05) is 0 Å². The van der Waals surface area contributed by atoms with Crippen LogP contribution in [0.15, 0.2) is 28.9 Å². The highest BCUT2D eigenvalue weighted by Crippen LogP contribution is 2.37. The minimum absolute atomic E-state index is 0.134. The lowest BCUT2D eigenvalue weighted by Gasteiger charge is -2.11. The number of aliphatic hydroxyl groups is 1. The predicted molar refractivity (Wildman–Crippen MR) is 71.9 cm³/mol. The first-order valence-electron chi connectivity index (χ1n) is 5.37. The Morgan fingerprint density at radius 3 is 2.60 bits per heavy atom. The third kappa shape index (κ3) is 3.13. The quantitative estimate of drug-likeness (QED) is 0.890. The molecule has 108 valence electrons. The maximum absolute atomic E-state index is 12.5. The number of benzene rings is 1. The molecule has 1 heterocycles. The van der Waals surface area contributed by atoms with Gasteiger partial charge in [-0.15, -0.1) is 11.3 Å². The topological polar surface area (TPSA) is 42.4 Å². The lowest BCUT2D eigenvalue weighted by Crippen LogP contribution is -2.03. The van der Waals surface area contributed by atoms with E-state index >= 15 is 0 Å². The molecule has 0 spiro atoms. The van der Waals surface area contributed by atoms with Crippen molar-refractivity contribution in [1.29, 1.82) is 0 Å². The van der Waals surface area contributed by atoms with Crippen LogP contribution in [0, 0.1) is 0 Å². The summed E-state index contributed by atoms with van der Waals surface area (Å²) in [4.78, 5) is 3.42. The fourth-order valence-electron chi connectivity index (χ4n) is 1.56. The molecule has 0 radical (unpaired) electrons. The molecule has 20 heavy (non-hydrogen) atoms. The number of thiazole rings is 1. The van der Waals surface area contributed by atoms with Gasteiger partial charge in [0.2, 0.25) is 0 Å². The molecule has 0 saturated carbocycles. The van der Waals surface area contributed by atoms with Crippen LogP contribution in [-0.4, -0.2) is 17.2 Å². The van der Waals surface area contributed by atoms with E-state index in [0.717, 1.165) is 6.20 Å². The van der Waals surface area contributed by atoms with Crippen molar-refractivity contribution in [3.63, 3.8) is 0 Å². The van der Waals surface area contributed by atoms with Gasteiger partial charge < -0.3 is 9.84 Å². The first kappa shape index (κ1) is 15.3. The highest BCUT2D eigenvalue weighted by molar-refractivity contribution is 9.10. The molecule has 0 bridgehead atoms. The number of aromatic nitrogens is 1. The van der Waals surface area contributed by atoms with Crippen molar-refractivity contribution >= 4 is 27.3 Å². The number of aliphatic hydroxyl groups excluding tert-OH is 1. The van der Waals surface area contributed by atoms with Gasteiger partial charge in [0.05, 0.1) is 16.5 Å². The van der Waals surface area contributed by atoms with Gasteiger partial charge in [-0.25, -0.2) is 4.98 Å². The Morgan fingerprint density at radius 2 is 2.10 bits per heavy atom. The number of hydrogen-bond donors (Lipinski definition) is 1. The number of methoxy groups -OCH3 is 1. The molecule has 1 aromatic heterocycles. The number of halogens is 4. The lowest BCUT2D eigenvalue weighted by molar-refractivity contribution is -0.137. The molecule has 0 aliphatic carbocycles. The zero-order chi connectivity index (χ0) is 14.9. The molecule has 0 fully saturated rings. The van der Waals surface area contributed by atoms with E-state index in [-0.39, 0.29) is 4.88 Å². The van der Waals surface area contributed by atoms with E-state index in [0.29, 0.717) is 27.1 Å². The molecule has 8 heteroatoms. The summed E-state index contributed by atoms with van der Waals surface area (Å²) in [7, 11) is 1.50. The summed E-state index contributed by atoms with van der Waals surface area (Å²) in [6.07, 6.45) is -4.62. The smallest absolute Gasteiger partial charge is 0.443 e. The summed E-state index contributed by atoms with van der Waals surface area (Å²) in [6, 6.07) is 4.80. The van der Waals surface area contributed by atoms with Crippen molar-refractivity contribution in [3.8, 4) is 5.75 Å². The Bertz CT molecular complexity index is 615.